The lowest BCUT2D eigenvalue weighted by Gasteiger charge is -2.05. The van der Waals surface area contributed by atoms with Crippen LogP contribution in [0.4, 0.5) is 5.69 Å². The van der Waals surface area contributed by atoms with Crippen molar-refractivity contribution in [1.82, 2.24) is 0 Å². The lowest BCUT2D eigenvalue weighted by atomic mass is 10.3. The summed E-state index contributed by atoms with van der Waals surface area (Å²) < 4.78 is 5.53. The highest BCUT2D eigenvalue weighted by atomic mass is 16.5. The smallest absolute Gasteiger partial charge is 0.142 e. The summed E-state index contributed by atoms with van der Waals surface area (Å²) in [7, 11) is 0. The van der Waals surface area contributed by atoms with Crippen LogP contribution in [-0.4, -0.2) is 6.10 Å². The summed E-state index contributed by atoms with van der Waals surface area (Å²) in [5.74, 6) is 0.829. The number of anilines is 1. The third-order valence-electron chi connectivity index (χ3n) is 1.74. The van der Waals surface area contributed by atoms with Crippen LogP contribution in [0, 0.1) is 0 Å². The minimum atomic E-state index is 0.430. The van der Waals surface area contributed by atoms with Crippen molar-refractivity contribution < 1.29 is 4.74 Å². The van der Waals surface area contributed by atoms with E-state index in [2.05, 4.69) is 0 Å². The second kappa shape index (κ2) is 2.46. The van der Waals surface area contributed by atoms with Crippen molar-refractivity contribution in [3.63, 3.8) is 0 Å². The minimum absolute atomic E-state index is 0.430. The van der Waals surface area contributed by atoms with Crippen molar-refractivity contribution in [3.05, 3.63) is 24.3 Å². The van der Waals surface area contributed by atoms with Crippen molar-refractivity contribution >= 4 is 5.69 Å². The fraction of sp³-hybridized carbons (Fsp3) is 0.333. The first kappa shape index (κ1) is 6.53. The molecule has 0 spiro atoms. The van der Waals surface area contributed by atoms with Crippen LogP contribution in [0.1, 0.15) is 12.8 Å². The van der Waals surface area contributed by atoms with Gasteiger partial charge in [-0.2, -0.15) is 0 Å². The van der Waals surface area contributed by atoms with E-state index in [1.54, 1.807) is 0 Å². The zero-order valence-electron chi connectivity index (χ0n) is 6.29. The van der Waals surface area contributed by atoms with Crippen LogP contribution < -0.4 is 10.5 Å². The maximum absolute atomic E-state index is 5.67. The van der Waals surface area contributed by atoms with E-state index in [1.165, 1.54) is 12.8 Å². The third-order valence-corrected chi connectivity index (χ3v) is 1.74. The van der Waals surface area contributed by atoms with Crippen LogP contribution in [0.15, 0.2) is 24.3 Å². The summed E-state index contributed by atoms with van der Waals surface area (Å²) in [5.41, 5.74) is 6.41. The van der Waals surface area contributed by atoms with Crippen molar-refractivity contribution in [2.24, 2.45) is 0 Å². The van der Waals surface area contributed by atoms with Gasteiger partial charge >= 0.3 is 0 Å². The number of ether oxygens (including phenoxy) is 1. The zero-order valence-corrected chi connectivity index (χ0v) is 6.29. The highest BCUT2D eigenvalue weighted by Gasteiger charge is 2.23. The van der Waals surface area contributed by atoms with Crippen LogP contribution in [0.25, 0.3) is 0 Å². The maximum atomic E-state index is 5.67. The molecule has 1 aromatic carbocycles. The van der Waals surface area contributed by atoms with Crippen LogP contribution >= 0.6 is 0 Å². The average molecular weight is 149 g/mol. The molecule has 2 N–H and O–H groups in total. The second-order valence-corrected chi connectivity index (χ2v) is 2.86. The Bertz CT molecular complexity index is 255. The number of nitrogen functional groups attached to an aromatic ring is 1. The monoisotopic (exact) mass is 149 g/mol. The molecule has 0 heterocycles. The van der Waals surface area contributed by atoms with Gasteiger partial charge in [-0.25, -0.2) is 0 Å². The molecule has 2 nitrogen and oxygen atoms in total. The van der Waals surface area contributed by atoms with E-state index in [4.69, 9.17) is 10.5 Å². The molecule has 11 heavy (non-hydrogen) atoms. The summed E-state index contributed by atoms with van der Waals surface area (Å²) in [6.45, 7) is 0. The molecule has 0 radical (unpaired) electrons. The van der Waals surface area contributed by atoms with Gasteiger partial charge in [-0.05, 0) is 25.0 Å². The molecule has 1 saturated carbocycles. The molecule has 0 bridgehead atoms. The van der Waals surface area contributed by atoms with Crippen molar-refractivity contribution in [1.29, 1.82) is 0 Å². The van der Waals surface area contributed by atoms with Gasteiger partial charge in [-0.1, -0.05) is 12.1 Å². The molecule has 1 aromatic rings. The quantitative estimate of drug-likeness (QED) is 0.651. The van der Waals surface area contributed by atoms with Crippen molar-refractivity contribution in [2.75, 3.05) is 5.73 Å². The Balaban J connectivity index is 2.15. The van der Waals surface area contributed by atoms with E-state index in [0.29, 0.717) is 6.10 Å². The molecule has 0 amide bonds. The van der Waals surface area contributed by atoms with E-state index < -0.39 is 0 Å². The highest BCUT2D eigenvalue weighted by Crippen LogP contribution is 2.29. The zero-order chi connectivity index (χ0) is 7.68. The van der Waals surface area contributed by atoms with Crippen LogP contribution in [-0.2, 0) is 0 Å². The number of rotatable bonds is 2. The van der Waals surface area contributed by atoms with E-state index in [1.807, 2.05) is 24.3 Å². The number of benzene rings is 1. The van der Waals surface area contributed by atoms with E-state index in [9.17, 15) is 0 Å². The normalized spacial score (nSPS) is 16.4. The molecule has 1 aliphatic carbocycles. The Morgan fingerprint density at radius 1 is 1.27 bits per heavy atom. The molecule has 58 valence electrons. The summed E-state index contributed by atoms with van der Waals surface area (Å²) in [6.07, 6.45) is 2.78. The highest BCUT2D eigenvalue weighted by molar-refractivity contribution is 5.51. The molecule has 1 aliphatic rings. The van der Waals surface area contributed by atoms with Gasteiger partial charge in [0, 0.05) is 0 Å². The summed E-state index contributed by atoms with van der Waals surface area (Å²) in [4.78, 5) is 0. The van der Waals surface area contributed by atoms with E-state index in [0.717, 1.165) is 11.4 Å². The predicted molar refractivity (Wildman–Crippen MR) is 44.5 cm³/mol. The Morgan fingerprint density at radius 2 is 2.00 bits per heavy atom. The minimum Gasteiger partial charge on any atom is -0.488 e. The molecule has 2 rings (SSSR count). The molecular weight excluding hydrogens is 138 g/mol. The predicted octanol–water partition coefficient (Wildman–Crippen LogP) is 1.81. The fourth-order valence-corrected chi connectivity index (χ4v) is 0.953. The van der Waals surface area contributed by atoms with Gasteiger partial charge in [0.15, 0.2) is 0 Å². The SMILES string of the molecule is Nc1ccccc1OC1CC1. The van der Waals surface area contributed by atoms with Gasteiger partial charge in [-0.15, -0.1) is 0 Å². The van der Waals surface area contributed by atoms with Gasteiger partial charge in [0.2, 0.25) is 0 Å². The molecule has 0 atom stereocenters. The maximum Gasteiger partial charge on any atom is 0.142 e. The molecule has 2 heteroatoms. The molecule has 0 aromatic heterocycles. The molecular formula is C9H11NO. The lowest BCUT2D eigenvalue weighted by molar-refractivity contribution is 0.305. The largest absolute Gasteiger partial charge is 0.488 e. The summed E-state index contributed by atoms with van der Waals surface area (Å²) >= 11 is 0. The first-order chi connectivity index (χ1) is 5.36. The van der Waals surface area contributed by atoms with Crippen LogP contribution in [0.3, 0.4) is 0 Å². The van der Waals surface area contributed by atoms with Gasteiger partial charge in [0.1, 0.15) is 5.75 Å². The summed E-state index contributed by atoms with van der Waals surface area (Å²) in [5, 5.41) is 0. The van der Waals surface area contributed by atoms with Gasteiger partial charge in [0.25, 0.3) is 0 Å². The van der Waals surface area contributed by atoms with Crippen molar-refractivity contribution in [3.8, 4) is 5.75 Å². The Kier molecular flexibility index (Phi) is 1.46. The number of nitrogens with two attached hydrogens (primary N) is 1. The molecule has 0 aliphatic heterocycles. The number of hydrogen-bond donors (Lipinski definition) is 1. The fourth-order valence-electron chi connectivity index (χ4n) is 0.953. The topological polar surface area (TPSA) is 35.2 Å². The molecule has 0 unspecified atom stereocenters. The van der Waals surface area contributed by atoms with E-state index >= 15 is 0 Å². The molecule has 0 saturated heterocycles. The Labute approximate surface area is 66.0 Å². The Hall–Kier alpha value is -1.18. The Morgan fingerprint density at radius 3 is 2.64 bits per heavy atom. The van der Waals surface area contributed by atoms with Gasteiger partial charge < -0.3 is 10.5 Å². The first-order valence-corrected chi connectivity index (χ1v) is 3.87. The van der Waals surface area contributed by atoms with Gasteiger partial charge in [-0.3, -0.25) is 0 Å². The van der Waals surface area contributed by atoms with Crippen molar-refractivity contribution in [2.45, 2.75) is 18.9 Å². The third kappa shape index (κ3) is 1.45. The second-order valence-electron chi connectivity index (χ2n) is 2.86. The van der Waals surface area contributed by atoms with Crippen LogP contribution in [0.5, 0.6) is 5.75 Å². The van der Waals surface area contributed by atoms with Gasteiger partial charge in [0.05, 0.1) is 11.8 Å². The number of hydrogen-bond acceptors (Lipinski definition) is 2. The summed E-state index contributed by atoms with van der Waals surface area (Å²) in [6, 6.07) is 7.62. The molecule has 1 fully saturated rings. The number of para-hydroxylation sites is 2. The van der Waals surface area contributed by atoms with E-state index in [-0.39, 0.29) is 0 Å². The lowest BCUT2D eigenvalue weighted by Crippen LogP contribution is -1.98. The first-order valence-electron chi connectivity index (χ1n) is 3.87. The standard InChI is InChI=1S/C9H11NO/c10-8-3-1-2-4-9(8)11-7-5-6-7/h1-4,7H,5-6,10H2. The van der Waals surface area contributed by atoms with Crippen LogP contribution in [0.2, 0.25) is 0 Å². The average Bonchev–Trinajstić information content (AvgIpc) is 2.78.